The number of rotatable bonds is 4. The van der Waals surface area contributed by atoms with Crippen molar-refractivity contribution in [1.29, 1.82) is 0 Å². The van der Waals surface area contributed by atoms with Gasteiger partial charge in [-0.3, -0.25) is 0 Å². The van der Waals surface area contributed by atoms with Gasteiger partial charge in [0.1, 0.15) is 5.82 Å². The van der Waals surface area contributed by atoms with Crippen LogP contribution < -0.4 is 5.32 Å². The van der Waals surface area contributed by atoms with Crippen molar-refractivity contribution >= 4 is 11.7 Å². The molecule has 0 spiro atoms. The van der Waals surface area contributed by atoms with Crippen molar-refractivity contribution in [3.05, 3.63) is 29.6 Å². The molecule has 0 bridgehead atoms. The molecule has 0 aliphatic rings. The molecule has 0 fully saturated rings. The van der Waals surface area contributed by atoms with E-state index in [2.05, 4.69) is 17.2 Å². The van der Waals surface area contributed by atoms with E-state index in [0.29, 0.717) is 30.8 Å². The fourth-order valence-electron chi connectivity index (χ4n) is 1.65. The molecule has 0 atom stereocenters. The van der Waals surface area contributed by atoms with Crippen molar-refractivity contribution < 1.29 is 14.3 Å². The Balaban J connectivity index is 2.95. The lowest BCUT2D eigenvalue weighted by atomic mass is 10.1. The lowest BCUT2D eigenvalue weighted by Gasteiger charge is -2.19. The van der Waals surface area contributed by atoms with E-state index in [0.717, 1.165) is 0 Å². The maximum absolute atomic E-state index is 13.2. The zero-order valence-corrected chi connectivity index (χ0v) is 11.7. The summed E-state index contributed by atoms with van der Waals surface area (Å²) in [7, 11) is 0. The first kappa shape index (κ1) is 16.0. The topological polar surface area (TPSA) is 52.6 Å². The molecule has 0 unspecified atom stereocenters. The van der Waals surface area contributed by atoms with Gasteiger partial charge < -0.3 is 15.3 Å². The molecular weight excluding hydrogens is 259 g/mol. The van der Waals surface area contributed by atoms with Crippen molar-refractivity contribution in [3.8, 4) is 11.8 Å². The molecule has 0 aromatic heterocycles. The van der Waals surface area contributed by atoms with Gasteiger partial charge in [0.15, 0.2) is 0 Å². The van der Waals surface area contributed by atoms with Gasteiger partial charge in [0, 0.05) is 19.5 Å². The van der Waals surface area contributed by atoms with Crippen molar-refractivity contribution in [1.82, 2.24) is 4.90 Å². The number of hydrogen-bond donors (Lipinski definition) is 2. The average molecular weight is 278 g/mol. The number of aliphatic hydroxyl groups excluding tert-OH is 1. The van der Waals surface area contributed by atoms with Gasteiger partial charge in [-0.05, 0) is 32.0 Å². The molecule has 5 heteroatoms. The van der Waals surface area contributed by atoms with Crippen LogP contribution in [0.2, 0.25) is 0 Å². The second-order valence-electron chi connectivity index (χ2n) is 4.07. The number of anilines is 1. The van der Waals surface area contributed by atoms with E-state index in [4.69, 9.17) is 5.11 Å². The molecule has 2 amide bonds. The number of urea groups is 1. The molecule has 1 rings (SSSR count). The van der Waals surface area contributed by atoms with Gasteiger partial charge in [-0.1, -0.05) is 11.8 Å². The number of benzene rings is 1. The highest BCUT2D eigenvalue weighted by molar-refractivity contribution is 5.90. The van der Waals surface area contributed by atoms with Crippen LogP contribution in [-0.4, -0.2) is 35.7 Å². The van der Waals surface area contributed by atoms with Gasteiger partial charge in [0.25, 0.3) is 0 Å². The number of nitrogens with one attached hydrogen (secondary N) is 1. The van der Waals surface area contributed by atoms with Gasteiger partial charge in [-0.2, -0.15) is 0 Å². The molecular formula is C15H19FN2O2. The number of carbonyl (C=O) groups excluding carboxylic acids is 1. The Morgan fingerprint density at radius 3 is 2.70 bits per heavy atom. The fraction of sp³-hybridized carbons (Fsp3) is 0.400. The summed E-state index contributed by atoms with van der Waals surface area (Å²) in [5, 5.41) is 11.4. The molecule has 4 nitrogen and oxygen atoms in total. The van der Waals surface area contributed by atoms with E-state index in [9.17, 15) is 9.18 Å². The van der Waals surface area contributed by atoms with Crippen molar-refractivity contribution in [2.45, 2.75) is 20.3 Å². The summed E-state index contributed by atoms with van der Waals surface area (Å²) in [6, 6.07) is 3.78. The summed E-state index contributed by atoms with van der Waals surface area (Å²) in [5.74, 6) is 5.05. The Bertz CT molecular complexity index is 516. The number of halogens is 1. The summed E-state index contributed by atoms with van der Waals surface area (Å²) in [6.07, 6.45) is 0.306. The van der Waals surface area contributed by atoms with Gasteiger partial charge in [-0.25, -0.2) is 9.18 Å². The predicted molar refractivity (Wildman–Crippen MR) is 76.9 cm³/mol. The molecule has 2 N–H and O–H groups in total. The second-order valence-corrected chi connectivity index (χ2v) is 4.07. The highest BCUT2D eigenvalue weighted by atomic mass is 19.1. The summed E-state index contributed by atoms with van der Waals surface area (Å²) < 4.78 is 13.2. The number of nitrogens with zero attached hydrogens (tertiary/aromatic N) is 1. The van der Waals surface area contributed by atoms with E-state index in [1.807, 2.05) is 13.8 Å². The molecule has 0 aliphatic heterocycles. The molecule has 0 radical (unpaired) electrons. The van der Waals surface area contributed by atoms with E-state index in [-0.39, 0.29) is 12.6 Å². The highest BCUT2D eigenvalue weighted by Crippen LogP contribution is 2.16. The molecule has 0 saturated carbocycles. The minimum Gasteiger partial charge on any atom is -0.395 e. The molecule has 0 heterocycles. The Morgan fingerprint density at radius 1 is 1.40 bits per heavy atom. The molecule has 1 aromatic carbocycles. The van der Waals surface area contributed by atoms with Crippen LogP contribution in [0, 0.1) is 17.7 Å². The Labute approximate surface area is 118 Å². The van der Waals surface area contributed by atoms with Gasteiger partial charge in [0.05, 0.1) is 17.9 Å². The second kappa shape index (κ2) is 8.18. The van der Waals surface area contributed by atoms with Crippen LogP contribution in [-0.2, 0) is 0 Å². The molecule has 0 saturated heterocycles. The third-order valence-electron chi connectivity index (χ3n) is 2.73. The minimum atomic E-state index is -0.417. The number of carbonyl (C=O) groups is 1. The SMILES string of the molecule is CCN(CC)C(=O)Nc1ccc(F)cc1C#CCCO. The molecule has 0 aliphatic carbocycles. The zero-order chi connectivity index (χ0) is 15.0. The fourth-order valence-corrected chi connectivity index (χ4v) is 1.65. The van der Waals surface area contributed by atoms with Gasteiger partial charge in [0.2, 0.25) is 0 Å². The minimum absolute atomic E-state index is 0.0521. The zero-order valence-electron chi connectivity index (χ0n) is 11.7. The van der Waals surface area contributed by atoms with Crippen LogP contribution in [0.4, 0.5) is 14.9 Å². The number of aliphatic hydroxyl groups is 1. The van der Waals surface area contributed by atoms with Gasteiger partial charge >= 0.3 is 6.03 Å². The van der Waals surface area contributed by atoms with E-state index < -0.39 is 5.82 Å². The first-order valence-electron chi connectivity index (χ1n) is 6.57. The Kier molecular flexibility index (Phi) is 6.54. The largest absolute Gasteiger partial charge is 0.395 e. The maximum Gasteiger partial charge on any atom is 0.321 e. The first-order chi connectivity index (χ1) is 9.62. The standard InChI is InChI=1S/C15H19FN2O2/c1-3-18(4-2)15(20)17-14-9-8-13(16)11-12(14)7-5-6-10-19/h8-9,11,19H,3-4,6,10H2,1-2H3,(H,17,20). The number of amides is 2. The lowest BCUT2D eigenvalue weighted by Crippen LogP contribution is -2.34. The van der Waals surface area contributed by atoms with Crippen molar-refractivity contribution in [3.63, 3.8) is 0 Å². The van der Waals surface area contributed by atoms with Crippen LogP contribution in [0.15, 0.2) is 18.2 Å². The van der Waals surface area contributed by atoms with Crippen LogP contribution in [0.3, 0.4) is 0 Å². The summed E-state index contributed by atoms with van der Waals surface area (Å²) in [5.41, 5.74) is 0.868. The van der Waals surface area contributed by atoms with E-state index in [1.165, 1.54) is 18.2 Å². The van der Waals surface area contributed by atoms with Crippen molar-refractivity contribution in [2.24, 2.45) is 0 Å². The first-order valence-corrected chi connectivity index (χ1v) is 6.57. The lowest BCUT2D eigenvalue weighted by molar-refractivity contribution is 0.217. The Morgan fingerprint density at radius 2 is 2.10 bits per heavy atom. The van der Waals surface area contributed by atoms with Crippen LogP contribution >= 0.6 is 0 Å². The molecule has 108 valence electrons. The summed E-state index contributed by atoms with van der Waals surface area (Å²) >= 11 is 0. The Hall–Kier alpha value is -2.06. The maximum atomic E-state index is 13.2. The number of hydrogen-bond acceptors (Lipinski definition) is 2. The smallest absolute Gasteiger partial charge is 0.321 e. The molecule has 20 heavy (non-hydrogen) atoms. The third-order valence-corrected chi connectivity index (χ3v) is 2.73. The quantitative estimate of drug-likeness (QED) is 0.831. The third kappa shape index (κ3) is 4.56. The average Bonchev–Trinajstić information content (AvgIpc) is 2.43. The van der Waals surface area contributed by atoms with Crippen molar-refractivity contribution in [2.75, 3.05) is 25.0 Å². The monoisotopic (exact) mass is 278 g/mol. The van der Waals surface area contributed by atoms with Crippen LogP contribution in [0.1, 0.15) is 25.8 Å². The van der Waals surface area contributed by atoms with E-state index in [1.54, 1.807) is 4.90 Å². The summed E-state index contributed by atoms with van der Waals surface area (Å²) in [4.78, 5) is 13.6. The normalized spacial score (nSPS) is 9.60. The molecule has 1 aromatic rings. The van der Waals surface area contributed by atoms with Gasteiger partial charge in [-0.15, -0.1) is 0 Å². The van der Waals surface area contributed by atoms with Crippen LogP contribution in [0.25, 0.3) is 0 Å². The summed E-state index contributed by atoms with van der Waals surface area (Å²) in [6.45, 7) is 4.90. The van der Waals surface area contributed by atoms with E-state index >= 15 is 0 Å². The predicted octanol–water partition coefficient (Wildman–Crippen LogP) is 2.43. The highest BCUT2D eigenvalue weighted by Gasteiger charge is 2.11. The van der Waals surface area contributed by atoms with Crippen LogP contribution in [0.5, 0.6) is 0 Å².